The highest BCUT2D eigenvalue weighted by Crippen LogP contribution is 2.48. The fourth-order valence-corrected chi connectivity index (χ4v) is 7.25. The number of sulfone groups is 1. The molecule has 2 atom stereocenters. The Morgan fingerprint density at radius 3 is 1.20 bits per heavy atom. The summed E-state index contributed by atoms with van der Waals surface area (Å²) in [5.74, 6) is 0. The van der Waals surface area contributed by atoms with Crippen LogP contribution in [0.5, 0.6) is 0 Å². The maximum atomic E-state index is 13.8. The van der Waals surface area contributed by atoms with Gasteiger partial charge in [-0.2, -0.15) is 0 Å². The van der Waals surface area contributed by atoms with Crippen molar-refractivity contribution in [3.63, 3.8) is 0 Å². The van der Waals surface area contributed by atoms with Crippen molar-refractivity contribution in [2.45, 2.75) is 47.9 Å². The van der Waals surface area contributed by atoms with Gasteiger partial charge >= 0.3 is 0 Å². The van der Waals surface area contributed by atoms with Crippen molar-refractivity contribution in [2.24, 2.45) is 0 Å². The molecular formula is C20H24Cl2O2S. The zero-order valence-electron chi connectivity index (χ0n) is 14.9. The lowest BCUT2D eigenvalue weighted by molar-refractivity contribution is 0.522. The van der Waals surface area contributed by atoms with Crippen molar-refractivity contribution in [1.82, 2.24) is 0 Å². The molecule has 0 aromatic heterocycles. The van der Waals surface area contributed by atoms with Gasteiger partial charge in [-0.1, -0.05) is 60.7 Å². The molecule has 0 radical (unpaired) electrons. The lowest BCUT2D eigenvalue weighted by Crippen LogP contribution is -2.39. The average molecular weight is 399 g/mol. The highest BCUT2D eigenvalue weighted by Gasteiger charge is 2.49. The van der Waals surface area contributed by atoms with Crippen LogP contribution in [0.1, 0.15) is 49.3 Å². The summed E-state index contributed by atoms with van der Waals surface area (Å²) in [7, 11) is -3.75. The Morgan fingerprint density at radius 2 is 0.960 bits per heavy atom. The lowest BCUT2D eigenvalue weighted by atomic mass is 10.0. The summed E-state index contributed by atoms with van der Waals surface area (Å²) in [6, 6.07) is 18.2. The van der Waals surface area contributed by atoms with Gasteiger partial charge in [0.15, 0.2) is 9.84 Å². The molecule has 2 aromatic rings. The van der Waals surface area contributed by atoms with Gasteiger partial charge in [0.2, 0.25) is 0 Å². The molecule has 136 valence electrons. The molecule has 0 fully saturated rings. The van der Waals surface area contributed by atoms with Crippen LogP contribution < -0.4 is 0 Å². The summed E-state index contributed by atoms with van der Waals surface area (Å²) in [5, 5.41) is -1.77. The van der Waals surface area contributed by atoms with E-state index >= 15 is 0 Å². The first-order valence-electron chi connectivity index (χ1n) is 8.16. The van der Waals surface area contributed by atoms with E-state index in [0.29, 0.717) is 11.1 Å². The molecule has 2 aromatic carbocycles. The first-order valence-corrected chi connectivity index (χ1v) is 10.5. The van der Waals surface area contributed by atoms with Crippen molar-refractivity contribution >= 4 is 33.0 Å². The molecule has 0 saturated heterocycles. The SMILES string of the molecule is CC(C)(Cl)C(c1ccccc1)S(=O)(=O)C(c1ccccc1)C(C)(C)Cl. The molecule has 0 heterocycles. The van der Waals surface area contributed by atoms with E-state index in [1.54, 1.807) is 52.0 Å². The van der Waals surface area contributed by atoms with E-state index in [2.05, 4.69) is 0 Å². The van der Waals surface area contributed by atoms with E-state index in [9.17, 15) is 8.42 Å². The summed E-state index contributed by atoms with van der Waals surface area (Å²) in [5.41, 5.74) is 1.34. The summed E-state index contributed by atoms with van der Waals surface area (Å²) < 4.78 is 27.5. The van der Waals surface area contributed by atoms with Crippen LogP contribution in [-0.2, 0) is 9.84 Å². The minimum atomic E-state index is -3.75. The topological polar surface area (TPSA) is 34.1 Å². The van der Waals surface area contributed by atoms with Gasteiger partial charge in [-0.25, -0.2) is 8.42 Å². The fraction of sp³-hybridized carbons (Fsp3) is 0.400. The van der Waals surface area contributed by atoms with Gasteiger partial charge in [0, 0.05) is 0 Å². The number of halogens is 2. The number of rotatable bonds is 6. The summed E-state index contributed by atoms with van der Waals surface area (Å²) in [6.45, 7) is 6.92. The van der Waals surface area contributed by atoms with Gasteiger partial charge < -0.3 is 0 Å². The van der Waals surface area contributed by atoms with Crippen LogP contribution in [0.4, 0.5) is 0 Å². The van der Waals surface area contributed by atoms with Crippen molar-refractivity contribution < 1.29 is 8.42 Å². The molecule has 5 heteroatoms. The smallest absolute Gasteiger partial charge is 0.167 e. The van der Waals surface area contributed by atoms with Crippen molar-refractivity contribution in [1.29, 1.82) is 0 Å². The maximum absolute atomic E-state index is 13.8. The van der Waals surface area contributed by atoms with Gasteiger partial charge in [-0.3, -0.25) is 0 Å². The summed E-state index contributed by atoms with van der Waals surface area (Å²) in [6.07, 6.45) is 0. The van der Waals surface area contributed by atoms with Crippen LogP contribution in [-0.4, -0.2) is 18.2 Å². The molecule has 2 rings (SSSR count). The van der Waals surface area contributed by atoms with E-state index in [0.717, 1.165) is 0 Å². The number of alkyl halides is 2. The quantitative estimate of drug-likeness (QED) is 0.565. The minimum Gasteiger partial charge on any atom is -0.227 e. The minimum absolute atomic E-state index is 0.671. The Hall–Kier alpha value is -1.03. The molecule has 0 N–H and O–H groups in total. The normalized spacial score (nSPS) is 15.6. The van der Waals surface area contributed by atoms with Crippen LogP contribution in [0.15, 0.2) is 60.7 Å². The molecule has 0 aliphatic rings. The van der Waals surface area contributed by atoms with E-state index < -0.39 is 30.1 Å². The Morgan fingerprint density at radius 1 is 0.680 bits per heavy atom. The second-order valence-corrected chi connectivity index (χ2v) is 11.4. The van der Waals surface area contributed by atoms with Crippen molar-refractivity contribution in [3.05, 3.63) is 71.8 Å². The second kappa shape index (κ2) is 7.30. The number of hydrogen-bond donors (Lipinski definition) is 0. The maximum Gasteiger partial charge on any atom is 0.167 e. The number of benzene rings is 2. The molecule has 2 unspecified atom stereocenters. The van der Waals surface area contributed by atoms with Gasteiger partial charge in [0.1, 0.15) is 10.5 Å². The monoisotopic (exact) mass is 398 g/mol. The Labute approximate surface area is 161 Å². The first-order chi connectivity index (χ1) is 11.5. The van der Waals surface area contributed by atoms with Gasteiger partial charge in [-0.15, -0.1) is 23.2 Å². The van der Waals surface area contributed by atoms with Crippen LogP contribution >= 0.6 is 23.2 Å². The highest BCUT2D eigenvalue weighted by molar-refractivity contribution is 7.92. The highest BCUT2D eigenvalue weighted by atomic mass is 35.5. The van der Waals surface area contributed by atoms with E-state index in [4.69, 9.17) is 23.2 Å². The van der Waals surface area contributed by atoms with Crippen LogP contribution in [0.2, 0.25) is 0 Å². The standard InChI is InChI=1S/C20H24Cl2O2S/c1-19(2,21)17(15-11-7-5-8-12-15)25(23,24)18(20(3,4)22)16-13-9-6-10-14-16/h5-14,17-18H,1-4H3. The first kappa shape index (κ1) is 20.3. The van der Waals surface area contributed by atoms with Gasteiger partial charge in [0.05, 0.1) is 9.75 Å². The van der Waals surface area contributed by atoms with E-state index in [-0.39, 0.29) is 0 Å². The van der Waals surface area contributed by atoms with Crippen LogP contribution in [0.25, 0.3) is 0 Å². The molecule has 0 amide bonds. The molecule has 0 saturated carbocycles. The molecule has 0 aliphatic carbocycles. The Balaban J connectivity index is 2.69. The molecule has 2 nitrogen and oxygen atoms in total. The fourth-order valence-electron chi connectivity index (χ4n) is 3.34. The van der Waals surface area contributed by atoms with Crippen molar-refractivity contribution in [2.75, 3.05) is 0 Å². The van der Waals surface area contributed by atoms with Crippen molar-refractivity contribution in [3.8, 4) is 0 Å². The van der Waals surface area contributed by atoms with E-state index in [1.807, 2.05) is 36.4 Å². The Bertz CT molecular complexity index is 726. The predicted molar refractivity (Wildman–Crippen MR) is 107 cm³/mol. The molecular weight excluding hydrogens is 375 g/mol. The zero-order chi connectivity index (χ0) is 18.9. The third-order valence-corrected chi connectivity index (χ3v) is 7.84. The molecule has 0 aliphatic heterocycles. The lowest BCUT2D eigenvalue weighted by Gasteiger charge is -2.36. The Kier molecular flexibility index (Phi) is 5.92. The second-order valence-electron chi connectivity index (χ2n) is 7.30. The summed E-state index contributed by atoms with van der Waals surface area (Å²) >= 11 is 13.2. The third kappa shape index (κ3) is 4.58. The van der Waals surface area contributed by atoms with Gasteiger partial charge in [0.25, 0.3) is 0 Å². The molecule has 0 spiro atoms. The van der Waals surface area contributed by atoms with Crippen LogP contribution in [0, 0.1) is 0 Å². The van der Waals surface area contributed by atoms with E-state index in [1.165, 1.54) is 0 Å². The number of hydrogen-bond acceptors (Lipinski definition) is 2. The third-order valence-electron chi connectivity index (χ3n) is 4.11. The predicted octanol–water partition coefficient (Wildman–Crippen LogP) is 5.92. The zero-order valence-corrected chi connectivity index (χ0v) is 17.2. The van der Waals surface area contributed by atoms with Crippen LogP contribution in [0.3, 0.4) is 0 Å². The largest absolute Gasteiger partial charge is 0.227 e. The average Bonchev–Trinajstić information content (AvgIpc) is 2.45. The molecule has 25 heavy (non-hydrogen) atoms. The summed E-state index contributed by atoms with van der Waals surface area (Å²) in [4.78, 5) is -1.98. The van der Waals surface area contributed by atoms with Gasteiger partial charge in [-0.05, 0) is 38.8 Å². The molecule has 0 bridgehead atoms.